The molecule has 7 nitrogen and oxygen atoms in total. The molecule has 3 amide bonds. The van der Waals surface area contributed by atoms with Crippen molar-refractivity contribution in [3.8, 4) is 11.1 Å². The number of anilines is 1. The Kier molecular flexibility index (Phi) is 11.2. The molecule has 0 aromatic heterocycles. The molecule has 0 spiro atoms. The number of para-hydroxylation sites is 1. The number of fused-ring (bicyclic) bond motifs is 1. The summed E-state index contributed by atoms with van der Waals surface area (Å²) in [5, 5.41) is 2.90. The van der Waals surface area contributed by atoms with Crippen LogP contribution in [0, 0.1) is 17.8 Å². The lowest BCUT2D eigenvalue weighted by atomic mass is 9.81. The molecule has 0 saturated heterocycles. The van der Waals surface area contributed by atoms with Gasteiger partial charge in [0.15, 0.2) is 0 Å². The van der Waals surface area contributed by atoms with E-state index in [1.165, 1.54) is 12.1 Å². The van der Waals surface area contributed by atoms with Crippen LogP contribution in [0.4, 0.5) is 18.9 Å². The number of benzodiazepines with no additional fused rings is 1. The number of primary amides is 1. The van der Waals surface area contributed by atoms with Crippen molar-refractivity contribution in [3.63, 3.8) is 0 Å². The van der Waals surface area contributed by atoms with Gasteiger partial charge < -0.3 is 16.0 Å². The average Bonchev–Trinajstić information content (AvgIpc) is 3.20. The second kappa shape index (κ2) is 15.5. The Morgan fingerprint density at radius 2 is 1.52 bits per heavy atom. The van der Waals surface area contributed by atoms with Crippen molar-refractivity contribution >= 4 is 29.1 Å². The highest BCUT2D eigenvalue weighted by molar-refractivity contribution is 6.20. The van der Waals surface area contributed by atoms with Crippen molar-refractivity contribution in [2.24, 2.45) is 28.5 Å². The fourth-order valence-electron chi connectivity index (χ4n) is 6.45. The maximum absolute atomic E-state index is 14.6. The molecule has 1 aliphatic rings. The largest absolute Gasteiger partial charge is 0.416 e. The Balaban J connectivity index is 1.55. The highest BCUT2D eigenvalue weighted by atomic mass is 19.4. The van der Waals surface area contributed by atoms with Gasteiger partial charge in [-0.15, -0.1) is 0 Å². The number of amides is 3. The fourth-order valence-corrected chi connectivity index (χ4v) is 6.45. The maximum atomic E-state index is 14.6. The predicted octanol–water partition coefficient (Wildman–Crippen LogP) is 7.76. The Bertz CT molecular complexity index is 1860. The number of hydrogen-bond acceptors (Lipinski definition) is 4. The van der Waals surface area contributed by atoms with E-state index in [4.69, 9.17) is 10.7 Å². The number of nitrogens with two attached hydrogens (primary N) is 1. The van der Waals surface area contributed by atoms with Crippen molar-refractivity contribution in [1.82, 2.24) is 5.32 Å². The number of carbonyl (C=O) groups excluding carboxylic acids is 3. The zero-order valence-electron chi connectivity index (χ0n) is 28.3. The molecule has 1 unspecified atom stereocenters. The normalized spacial score (nSPS) is 15.9. The van der Waals surface area contributed by atoms with Gasteiger partial charge in [-0.1, -0.05) is 106 Å². The summed E-state index contributed by atoms with van der Waals surface area (Å²) in [6.07, 6.45) is -4.28. The smallest absolute Gasteiger partial charge is 0.369 e. The molecule has 260 valence electrons. The van der Waals surface area contributed by atoms with Gasteiger partial charge >= 0.3 is 6.18 Å². The number of rotatable bonds is 12. The lowest BCUT2D eigenvalue weighted by Gasteiger charge is -2.29. The van der Waals surface area contributed by atoms with Gasteiger partial charge in [-0.05, 0) is 59.7 Å². The van der Waals surface area contributed by atoms with Crippen molar-refractivity contribution in [1.29, 1.82) is 0 Å². The number of benzene rings is 4. The van der Waals surface area contributed by atoms with E-state index in [1.807, 2.05) is 87.5 Å². The molecular formula is C40H41F3N4O3. The molecule has 4 aromatic rings. The molecule has 1 heterocycles. The van der Waals surface area contributed by atoms with E-state index >= 15 is 0 Å². The number of nitrogens with one attached hydrogen (secondary N) is 1. The minimum absolute atomic E-state index is 0.0790. The minimum Gasteiger partial charge on any atom is -0.369 e. The van der Waals surface area contributed by atoms with Crippen LogP contribution in [-0.4, -0.2) is 29.6 Å². The molecule has 0 fully saturated rings. The van der Waals surface area contributed by atoms with Crippen LogP contribution in [0.5, 0.6) is 0 Å². The molecule has 4 aromatic carbocycles. The Hall–Kier alpha value is -5.25. The van der Waals surface area contributed by atoms with Crippen molar-refractivity contribution in [3.05, 3.63) is 125 Å². The molecule has 0 saturated carbocycles. The highest BCUT2D eigenvalue weighted by Crippen LogP contribution is 2.33. The average molecular weight is 683 g/mol. The van der Waals surface area contributed by atoms with E-state index in [9.17, 15) is 27.6 Å². The van der Waals surface area contributed by atoms with Gasteiger partial charge in [-0.2, -0.15) is 13.2 Å². The zero-order valence-corrected chi connectivity index (χ0v) is 28.3. The summed E-state index contributed by atoms with van der Waals surface area (Å²) in [6.45, 7) is 5.93. The standard InChI is InChI=1S/C40H41F3N4O3/c1-4-11-31(36(44)48)33(22-25(2)3)38(49)46-37-39(50)47(34-17-9-8-16-32(34)35(45-37)28-13-6-5-7-14-28)24-26-12-10-15-29(23-26)27-18-20-30(21-19-27)40(41,42)43/h5-10,12-21,23,25,31,33,37H,4,11,22,24H2,1-3H3,(H2,44,48)(H,46,49)/t31-,33+,37?/m0/s1. The van der Waals surface area contributed by atoms with Gasteiger partial charge in [0.1, 0.15) is 0 Å². The summed E-state index contributed by atoms with van der Waals surface area (Å²) in [7, 11) is 0. The third kappa shape index (κ3) is 8.30. The molecule has 0 aliphatic carbocycles. The quantitative estimate of drug-likeness (QED) is 0.160. The van der Waals surface area contributed by atoms with Crippen LogP contribution in [0.3, 0.4) is 0 Å². The van der Waals surface area contributed by atoms with Gasteiger partial charge in [0.05, 0.1) is 23.5 Å². The first kappa shape index (κ1) is 36.0. The first-order chi connectivity index (χ1) is 23.9. The summed E-state index contributed by atoms with van der Waals surface area (Å²) < 4.78 is 39.6. The van der Waals surface area contributed by atoms with E-state index in [1.54, 1.807) is 17.0 Å². The molecule has 0 radical (unpaired) electrons. The van der Waals surface area contributed by atoms with Gasteiger partial charge in [0, 0.05) is 23.0 Å². The lowest BCUT2D eigenvalue weighted by molar-refractivity contribution is -0.137. The van der Waals surface area contributed by atoms with Gasteiger partial charge in [0.25, 0.3) is 5.91 Å². The SMILES string of the molecule is CCC[C@H](C(N)=O)[C@@H](CC(C)C)C(=O)NC1N=C(c2ccccc2)c2ccccc2N(Cc2cccc(-c3ccc(C(F)(F)F)cc3)c2)C1=O. The summed E-state index contributed by atoms with van der Waals surface area (Å²) in [5.41, 5.74) is 9.58. The van der Waals surface area contributed by atoms with Gasteiger partial charge in [0.2, 0.25) is 18.0 Å². The number of alkyl halides is 3. The third-order valence-electron chi connectivity index (χ3n) is 8.86. The van der Waals surface area contributed by atoms with Crippen molar-refractivity contribution in [2.45, 2.75) is 58.9 Å². The summed E-state index contributed by atoms with van der Waals surface area (Å²) in [4.78, 5) is 47.7. The van der Waals surface area contributed by atoms with Crippen LogP contribution in [-0.2, 0) is 27.1 Å². The Morgan fingerprint density at radius 3 is 2.16 bits per heavy atom. The summed E-state index contributed by atoms with van der Waals surface area (Å²) >= 11 is 0. The molecule has 10 heteroatoms. The number of carbonyl (C=O) groups is 3. The lowest BCUT2D eigenvalue weighted by Crippen LogP contribution is -2.50. The molecule has 0 bridgehead atoms. The maximum Gasteiger partial charge on any atom is 0.416 e. The van der Waals surface area contributed by atoms with Crippen LogP contribution in [0.25, 0.3) is 11.1 Å². The minimum atomic E-state index is -4.45. The Morgan fingerprint density at radius 1 is 0.860 bits per heavy atom. The number of nitrogens with zero attached hydrogens (tertiary/aromatic N) is 2. The van der Waals surface area contributed by atoms with E-state index in [-0.39, 0.29) is 12.5 Å². The molecule has 1 aliphatic heterocycles. The van der Waals surface area contributed by atoms with Crippen LogP contribution < -0.4 is 16.0 Å². The van der Waals surface area contributed by atoms with Crippen LogP contribution >= 0.6 is 0 Å². The van der Waals surface area contributed by atoms with Crippen molar-refractivity contribution < 1.29 is 27.6 Å². The summed E-state index contributed by atoms with van der Waals surface area (Å²) in [6, 6.07) is 28.9. The van der Waals surface area contributed by atoms with E-state index in [0.29, 0.717) is 52.9 Å². The van der Waals surface area contributed by atoms with E-state index < -0.39 is 47.5 Å². The monoisotopic (exact) mass is 682 g/mol. The van der Waals surface area contributed by atoms with Crippen LogP contribution in [0.1, 0.15) is 62.3 Å². The first-order valence-corrected chi connectivity index (χ1v) is 16.8. The second-order valence-electron chi connectivity index (χ2n) is 13.0. The molecular weight excluding hydrogens is 641 g/mol. The number of hydrogen-bond donors (Lipinski definition) is 2. The van der Waals surface area contributed by atoms with E-state index in [0.717, 1.165) is 17.7 Å². The zero-order chi connectivity index (χ0) is 36.0. The van der Waals surface area contributed by atoms with Crippen LogP contribution in [0.15, 0.2) is 108 Å². The number of aliphatic imine (C=N–C) groups is 1. The summed E-state index contributed by atoms with van der Waals surface area (Å²) in [5.74, 6) is -2.89. The molecule has 3 atom stereocenters. The second-order valence-corrected chi connectivity index (χ2v) is 13.0. The predicted molar refractivity (Wildman–Crippen MR) is 189 cm³/mol. The fraction of sp³-hybridized carbons (Fsp3) is 0.300. The third-order valence-corrected chi connectivity index (χ3v) is 8.86. The van der Waals surface area contributed by atoms with Crippen molar-refractivity contribution in [2.75, 3.05) is 4.90 Å². The molecule has 5 rings (SSSR count). The first-order valence-electron chi connectivity index (χ1n) is 16.8. The van der Waals surface area contributed by atoms with Gasteiger partial charge in [-0.3, -0.25) is 14.4 Å². The van der Waals surface area contributed by atoms with E-state index in [2.05, 4.69) is 5.32 Å². The van der Waals surface area contributed by atoms with Gasteiger partial charge in [-0.25, -0.2) is 4.99 Å². The Labute approximate surface area is 290 Å². The topological polar surface area (TPSA) is 105 Å². The number of halogens is 3. The van der Waals surface area contributed by atoms with Crippen LogP contribution in [0.2, 0.25) is 0 Å². The highest BCUT2D eigenvalue weighted by Gasteiger charge is 2.38. The molecule has 3 N–H and O–H groups in total. The molecule has 50 heavy (non-hydrogen) atoms.